The molecule has 0 fully saturated rings. The van der Waals surface area contributed by atoms with Crippen LogP contribution >= 0.6 is 0 Å². The number of sulfonamides is 1. The van der Waals surface area contributed by atoms with E-state index in [0.717, 1.165) is 23.8 Å². The Morgan fingerprint density at radius 2 is 1.84 bits per heavy atom. The van der Waals surface area contributed by atoms with Crippen LogP contribution in [0.3, 0.4) is 0 Å². The highest BCUT2D eigenvalue weighted by atomic mass is 32.2. The summed E-state index contributed by atoms with van der Waals surface area (Å²) in [6.07, 6.45) is 2.58. The molecular weight excluding hydrogens is 416 g/mol. The topological polar surface area (TPSA) is 84.9 Å². The second-order valence-electron chi connectivity index (χ2n) is 7.65. The second-order valence-corrected chi connectivity index (χ2v) is 9.56. The van der Waals surface area contributed by atoms with Gasteiger partial charge in [0.25, 0.3) is 0 Å². The molecule has 0 aliphatic carbocycles. The normalized spacial score (nSPS) is 14.0. The molecule has 0 saturated heterocycles. The van der Waals surface area contributed by atoms with Crippen LogP contribution in [0.1, 0.15) is 43.4 Å². The maximum Gasteiger partial charge on any atom is 0.232 e. The first kappa shape index (κ1) is 22.9. The number of rotatable bonds is 9. The maximum absolute atomic E-state index is 12.5. The van der Waals surface area contributed by atoms with Crippen LogP contribution in [0.5, 0.6) is 11.5 Å². The van der Waals surface area contributed by atoms with Crippen LogP contribution in [0.25, 0.3) is 0 Å². The van der Waals surface area contributed by atoms with Gasteiger partial charge in [0.15, 0.2) is 11.5 Å². The Labute approximate surface area is 184 Å². The number of nitrogens with zero attached hydrogens (tertiary/aromatic N) is 1. The van der Waals surface area contributed by atoms with E-state index in [1.165, 1.54) is 4.31 Å². The summed E-state index contributed by atoms with van der Waals surface area (Å²) in [6, 6.07) is 13.0. The minimum atomic E-state index is -3.51. The van der Waals surface area contributed by atoms with Crippen LogP contribution in [-0.2, 0) is 14.8 Å². The van der Waals surface area contributed by atoms with E-state index < -0.39 is 10.0 Å². The zero-order valence-corrected chi connectivity index (χ0v) is 19.1. The van der Waals surface area contributed by atoms with E-state index in [1.54, 1.807) is 18.2 Å². The number of carbonyl (C=O) groups is 1. The van der Waals surface area contributed by atoms with Gasteiger partial charge in [-0.25, -0.2) is 8.42 Å². The molecule has 1 aliphatic rings. The van der Waals surface area contributed by atoms with Gasteiger partial charge in [0.2, 0.25) is 15.9 Å². The SMILES string of the molecule is CC[C@H](NC(=O)CCCN(c1ccc2c(c1)OCCO2)S(C)(=O)=O)c1ccccc1C. The molecule has 0 saturated carbocycles. The first-order valence-corrected chi connectivity index (χ1v) is 12.4. The fraction of sp³-hybridized carbons (Fsp3) is 0.435. The third kappa shape index (κ3) is 5.91. The van der Waals surface area contributed by atoms with E-state index in [-0.39, 0.29) is 24.9 Å². The summed E-state index contributed by atoms with van der Waals surface area (Å²) >= 11 is 0. The van der Waals surface area contributed by atoms with Gasteiger partial charge < -0.3 is 14.8 Å². The fourth-order valence-corrected chi connectivity index (χ4v) is 4.66. The molecule has 8 heteroatoms. The summed E-state index contributed by atoms with van der Waals surface area (Å²) in [7, 11) is -3.51. The average molecular weight is 447 g/mol. The first-order chi connectivity index (χ1) is 14.8. The molecule has 0 unspecified atom stereocenters. The third-order valence-electron chi connectivity index (χ3n) is 5.29. The molecule has 1 heterocycles. The molecule has 1 amide bonds. The van der Waals surface area contributed by atoms with Crippen molar-refractivity contribution in [3.63, 3.8) is 0 Å². The molecule has 0 aromatic heterocycles. The van der Waals surface area contributed by atoms with Gasteiger partial charge in [-0.05, 0) is 43.0 Å². The van der Waals surface area contributed by atoms with Crippen molar-refractivity contribution < 1.29 is 22.7 Å². The van der Waals surface area contributed by atoms with Crippen LogP contribution in [0.15, 0.2) is 42.5 Å². The Balaban J connectivity index is 1.62. The summed E-state index contributed by atoms with van der Waals surface area (Å²) in [5, 5.41) is 3.07. The van der Waals surface area contributed by atoms with Crippen LogP contribution in [0.4, 0.5) is 5.69 Å². The lowest BCUT2D eigenvalue weighted by Crippen LogP contribution is -2.33. The summed E-state index contributed by atoms with van der Waals surface area (Å²) in [6.45, 7) is 5.16. The average Bonchev–Trinajstić information content (AvgIpc) is 2.74. The number of benzene rings is 2. The first-order valence-electron chi connectivity index (χ1n) is 10.5. The number of hydrogen-bond acceptors (Lipinski definition) is 5. The lowest BCUT2D eigenvalue weighted by atomic mass is 9.99. The van der Waals surface area contributed by atoms with Crippen LogP contribution in [0, 0.1) is 6.92 Å². The molecule has 0 spiro atoms. The Hall–Kier alpha value is -2.74. The van der Waals surface area contributed by atoms with E-state index in [9.17, 15) is 13.2 Å². The summed E-state index contributed by atoms with van der Waals surface area (Å²) in [5.41, 5.74) is 2.74. The van der Waals surface area contributed by atoms with Gasteiger partial charge in [0.1, 0.15) is 13.2 Å². The van der Waals surface area contributed by atoms with Crippen molar-refractivity contribution in [1.82, 2.24) is 5.32 Å². The molecule has 3 rings (SSSR count). The number of anilines is 1. The fourth-order valence-electron chi connectivity index (χ4n) is 3.70. The minimum Gasteiger partial charge on any atom is -0.486 e. The molecule has 1 N–H and O–H groups in total. The molecule has 0 bridgehead atoms. The van der Waals surface area contributed by atoms with Crippen LogP contribution in [-0.4, -0.2) is 40.3 Å². The predicted octanol–water partition coefficient (Wildman–Crippen LogP) is 3.58. The summed E-state index contributed by atoms with van der Waals surface area (Å²) in [5.74, 6) is 1.04. The molecule has 0 radical (unpaired) electrons. The van der Waals surface area contributed by atoms with Crippen LogP contribution < -0.4 is 19.1 Å². The van der Waals surface area contributed by atoms with Crippen molar-refractivity contribution >= 4 is 21.6 Å². The van der Waals surface area contributed by atoms with Crippen LogP contribution in [0.2, 0.25) is 0 Å². The zero-order valence-electron chi connectivity index (χ0n) is 18.3. The van der Waals surface area contributed by atoms with Gasteiger partial charge in [-0.1, -0.05) is 31.2 Å². The predicted molar refractivity (Wildman–Crippen MR) is 121 cm³/mol. The second kappa shape index (κ2) is 10.0. The van der Waals surface area contributed by atoms with Crippen molar-refractivity contribution in [2.75, 3.05) is 30.3 Å². The largest absolute Gasteiger partial charge is 0.486 e. The number of fused-ring (bicyclic) bond motifs is 1. The van der Waals surface area contributed by atoms with Gasteiger partial charge in [0, 0.05) is 19.0 Å². The molecule has 2 aromatic carbocycles. The lowest BCUT2D eigenvalue weighted by molar-refractivity contribution is -0.121. The number of hydrogen-bond donors (Lipinski definition) is 1. The number of ether oxygens (including phenoxy) is 2. The minimum absolute atomic E-state index is 0.0579. The van der Waals surface area contributed by atoms with E-state index in [0.29, 0.717) is 36.8 Å². The highest BCUT2D eigenvalue weighted by Gasteiger charge is 2.21. The standard InChI is InChI=1S/C23H30N2O5S/c1-4-20(19-9-6-5-8-17(19)2)24-23(26)10-7-13-25(31(3,27)28)18-11-12-21-22(16-18)30-15-14-29-21/h5-6,8-9,11-12,16,20H,4,7,10,13-15H2,1-3H3,(H,24,26)/t20-/m0/s1. The van der Waals surface area contributed by atoms with Gasteiger partial charge >= 0.3 is 0 Å². The van der Waals surface area contributed by atoms with E-state index >= 15 is 0 Å². The smallest absolute Gasteiger partial charge is 0.232 e. The number of carbonyl (C=O) groups excluding carboxylic acids is 1. The maximum atomic E-state index is 12.5. The highest BCUT2D eigenvalue weighted by Crippen LogP contribution is 2.34. The number of nitrogens with one attached hydrogen (secondary N) is 1. The van der Waals surface area contributed by atoms with Gasteiger partial charge in [-0.15, -0.1) is 0 Å². The Morgan fingerprint density at radius 1 is 1.13 bits per heavy atom. The van der Waals surface area contributed by atoms with E-state index in [4.69, 9.17) is 9.47 Å². The summed E-state index contributed by atoms with van der Waals surface area (Å²) in [4.78, 5) is 12.5. The van der Waals surface area contributed by atoms with E-state index in [2.05, 4.69) is 5.32 Å². The molecule has 2 aromatic rings. The highest BCUT2D eigenvalue weighted by molar-refractivity contribution is 7.92. The zero-order chi connectivity index (χ0) is 22.4. The molecular formula is C23H30N2O5S. The number of amides is 1. The molecule has 168 valence electrons. The summed E-state index contributed by atoms with van der Waals surface area (Å²) < 4.78 is 37.1. The van der Waals surface area contributed by atoms with Crippen molar-refractivity contribution in [3.8, 4) is 11.5 Å². The number of aryl methyl sites for hydroxylation is 1. The Kier molecular flexibility index (Phi) is 7.43. The van der Waals surface area contributed by atoms with Crippen molar-refractivity contribution in [2.24, 2.45) is 0 Å². The Morgan fingerprint density at radius 3 is 2.52 bits per heavy atom. The monoisotopic (exact) mass is 446 g/mol. The molecule has 1 atom stereocenters. The van der Waals surface area contributed by atoms with Gasteiger partial charge in [-0.3, -0.25) is 9.10 Å². The van der Waals surface area contributed by atoms with Crippen molar-refractivity contribution in [3.05, 3.63) is 53.6 Å². The third-order valence-corrected chi connectivity index (χ3v) is 6.48. The van der Waals surface area contributed by atoms with Crippen molar-refractivity contribution in [2.45, 2.75) is 39.2 Å². The lowest BCUT2D eigenvalue weighted by Gasteiger charge is -2.25. The van der Waals surface area contributed by atoms with Gasteiger partial charge in [-0.2, -0.15) is 0 Å². The van der Waals surface area contributed by atoms with Crippen molar-refractivity contribution in [1.29, 1.82) is 0 Å². The molecule has 31 heavy (non-hydrogen) atoms. The van der Waals surface area contributed by atoms with Gasteiger partial charge in [0.05, 0.1) is 18.0 Å². The quantitative estimate of drug-likeness (QED) is 0.636. The van der Waals surface area contributed by atoms with E-state index in [1.807, 2.05) is 38.1 Å². The Bertz CT molecular complexity index is 1020. The molecule has 1 aliphatic heterocycles. The molecule has 7 nitrogen and oxygen atoms in total.